The molecule has 0 aromatic heterocycles. The summed E-state index contributed by atoms with van der Waals surface area (Å²) in [6.07, 6.45) is 2.15. The van der Waals surface area contributed by atoms with Crippen LogP contribution < -0.4 is 10.5 Å². The van der Waals surface area contributed by atoms with Crippen LogP contribution in [0.1, 0.15) is 12.8 Å². The molecule has 0 spiro atoms. The van der Waals surface area contributed by atoms with Gasteiger partial charge in [-0.15, -0.1) is 0 Å². The van der Waals surface area contributed by atoms with Crippen molar-refractivity contribution in [3.63, 3.8) is 0 Å². The summed E-state index contributed by atoms with van der Waals surface area (Å²) in [4.78, 5) is 16.3. The average Bonchev–Trinajstić information content (AvgIpc) is 2.46. The number of ether oxygens (including phenoxy) is 1. The minimum absolute atomic E-state index is 0.0649. The van der Waals surface area contributed by atoms with Gasteiger partial charge in [0.15, 0.2) is 6.61 Å². The summed E-state index contributed by atoms with van der Waals surface area (Å²) in [5, 5.41) is 0. The van der Waals surface area contributed by atoms with Crippen LogP contribution in [0.2, 0.25) is 0 Å². The van der Waals surface area contributed by atoms with Gasteiger partial charge in [-0.25, -0.2) is 0 Å². The number of benzene rings is 1. The third-order valence-corrected chi connectivity index (χ3v) is 3.83. The van der Waals surface area contributed by atoms with Crippen LogP contribution >= 0.6 is 0 Å². The molecule has 0 saturated carbocycles. The van der Waals surface area contributed by atoms with Gasteiger partial charge < -0.3 is 20.3 Å². The van der Waals surface area contributed by atoms with Gasteiger partial charge in [-0.05, 0) is 57.1 Å². The van der Waals surface area contributed by atoms with Crippen molar-refractivity contribution in [2.24, 2.45) is 5.92 Å². The number of hydrogen-bond acceptors (Lipinski definition) is 4. The van der Waals surface area contributed by atoms with E-state index in [1.54, 1.807) is 24.3 Å². The number of amides is 1. The van der Waals surface area contributed by atoms with Crippen LogP contribution in [0.4, 0.5) is 5.69 Å². The van der Waals surface area contributed by atoms with E-state index in [1.807, 2.05) is 4.90 Å². The molecule has 2 N–H and O–H groups in total. The third kappa shape index (κ3) is 4.93. The monoisotopic (exact) mass is 291 g/mol. The lowest BCUT2D eigenvalue weighted by molar-refractivity contribution is -0.134. The number of carbonyl (C=O) groups excluding carboxylic acids is 1. The Balaban J connectivity index is 1.73. The molecule has 1 saturated heterocycles. The number of hydrogen-bond donors (Lipinski definition) is 1. The van der Waals surface area contributed by atoms with Gasteiger partial charge in [0.25, 0.3) is 5.91 Å². The molecule has 0 unspecified atom stereocenters. The molecule has 2 rings (SSSR count). The number of piperidine rings is 1. The summed E-state index contributed by atoms with van der Waals surface area (Å²) in [7, 11) is 4.19. The molecule has 1 amide bonds. The van der Waals surface area contributed by atoms with Crippen molar-refractivity contribution in [1.29, 1.82) is 0 Å². The summed E-state index contributed by atoms with van der Waals surface area (Å²) in [5.74, 6) is 1.44. The number of carbonyl (C=O) groups is 1. The summed E-state index contributed by atoms with van der Waals surface area (Å²) in [6, 6.07) is 7.11. The van der Waals surface area contributed by atoms with Gasteiger partial charge in [0.2, 0.25) is 0 Å². The molecule has 21 heavy (non-hydrogen) atoms. The zero-order valence-corrected chi connectivity index (χ0v) is 12.9. The molecular weight excluding hydrogens is 266 g/mol. The fraction of sp³-hybridized carbons (Fsp3) is 0.562. The fourth-order valence-corrected chi connectivity index (χ4v) is 2.68. The van der Waals surface area contributed by atoms with Crippen LogP contribution in [0.5, 0.6) is 5.75 Å². The highest BCUT2D eigenvalue weighted by molar-refractivity contribution is 5.77. The molecule has 116 valence electrons. The number of rotatable bonds is 5. The van der Waals surface area contributed by atoms with Crippen LogP contribution in [-0.4, -0.2) is 56.0 Å². The quantitative estimate of drug-likeness (QED) is 0.834. The number of likely N-dealkylation sites (tertiary alicyclic amines) is 1. The molecule has 1 fully saturated rings. The smallest absolute Gasteiger partial charge is 0.260 e. The molecule has 1 aromatic carbocycles. The van der Waals surface area contributed by atoms with Crippen molar-refractivity contribution < 1.29 is 9.53 Å². The van der Waals surface area contributed by atoms with Crippen molar-refractivity contribution in [2.45, 2.75) is 12.8 Å². The minimum atomic E-state index is 0.0649. The third-order valence-electron chi connectivity index (χ3n) is 3.83. The molecule has 1 aromatic rings. The number of nitrogens with two attached hydrogens (primary N) is 1. The number of nitrogens with zero attached hydrogens (tertiary/aromatic N) is 2. The maximum Gasteiger partial charge on any atom is 0.260 e. The Morgan fingerprint density at radius 1 is 1.29 bits per heavy atom. The van der Waals surface area contributed by atoms with E-state index in [0.717, 1.165) is 32.5 Å². The van der Waals surface area contributed by atoms with Crippen LogP contribution in [0.3, 0.4) is 0 Å². The molecule has 1 heterocycles. The summed E-state index contributed by atoms with van der Waals surface area (Å²) < 4.78 is 5.51. The fourth-order valence-electron chi connectivity index (χ4n) is 2.68. The maximum absolute atomic E-state index is 12.1. The molecule has 0 radical (unpaired) electrons. The van der Waals surface area contributed by atoms with Gasteiger partial charge in [0.1, 0.15) is 5.75 Å². The Labute approximate surface area is 126 Å². The van der Waals surface area contributed by atoms with Crippen molar-refractivity contribution in [1.82, 2.24) is 9.80 Å². The van der Waals surface area contributed by atoms with Crippen LogP contribution in [0.25, 0.3) is 0 Å². The molecule has 0 aliphatic carbocycles. The molecule has 5 heteroatoms. The van der Waals surface area contributed by atoms with Gasteiger partial charge >= 0.3 is 0 Å². The largest absolute Gasteiger partial charge is 0.484 e. The zero-order valence-electron chi connectivity index (χ0n) is 12.9. The average molecular weight is 291 g/mol. The number of nitrogen functional groups attached to an aromatic ring is 1. The highest BCUT2D eigenvalue weighted by Crippen LogP contribution is 2.18. The molecular formula is C16H25N3O2. The van der Waals surface area contributed by atoms with E-state index < -0.39 is 0 Å². The van der Waals surface area contributed by atoms with E-state index in [4.69, 9.17) is 10.5 Å². The van der Waals surface area contributed by atoms with E-state index in [2.05, 4.69) is 19.0 Å². The molecule has 5 nitrogen and oxygen atoms in total. The highest BCUT2D eigenvalue weighted by Gasteiger charge is 2.23. The van der Waals surface area contributed by atoms with Gasteiger partial charge in [-0.3, -0.25) is 4.79 Å². The summed E-state index contributed by atoms with van der Waals surface area (Å²) in [5.41, 5.74) is 6.30. The first-order valence-corrected chi connectivity index (χ1v) is 7.45. The van der Waals surface area contributed by atoms with E-state index >= 15 is 0 Å². The Morgan fingerprint density at radius 3 is 2.48 bits per heavy atom. The van der Waals surface area contributed by atoms with E-state index in [-0.39, 0.29) is 12.5 Å². The summed E-state index contributed by atoms with van der Waals surface area (Å²) >= 11 is 0. The molecule has 0 bridgehead atoms. The van der Waals surface area contributed by atoms with Gasteiger partial charge in [-0.2, -0.15) is 0 Å². The van der Waals surface area contributed by atoms with Crippen molar-refractivity contribution >= 4 is 11.6 Å². The van der Waals surface area contributed by atoms with Crippen molar-refractivity contribution in [3.05, 3.63) is 24.3 Å². The van der Waals surface area contributed by atoms with Crippen LogP contribution in [-0.2, 0) is 4.79 Å². The van der Waals surface area contributed by atoms with Gasteiger partial charge in [-0.1, -0.05) is 0 Å². The lowest BCUT2D eigenvalue weighted by Crippen LogP contribution is -2.42. The first-order chi connectivity index (χ1) is 10.0. The normalized spacial score (nSPS) is 16.2. The first kappa shape index (κ1) is 15.6. The standard InChI is InChI=1S/C16H25N3O2/c1-18(2)11-13-7-9-19(10-8-13)16(20)12-21-15-5-3-14(17)4-6-15/h3-6,13H,7-12,17H2,1-2H3. The SMILES string of the molecule is CN(C)CC1CCN(C(=O)COc2ccc(N)cc2)CC1. The van der Waals surface area contributed by atoms with Gasteiger partial charge in [0.05, 0.1) is 0 Å². The zero-order chi connectivity index (χ0) is 15.2. The van der Waals surface area contributed by atoms with Gasteiger partial charge in [0, 0.05) is 25.3 Å². The van der Waals surface area contributed by atoms with Crippen molar-refractivity contribution in [3.8, 4) is 5.75 Å². The summed E-state index contributed by atoms with van der Waals surface area (Å²) in [6.45, 7) is 2.87. The molecule has 1 aliphatic rings. The van der Waals surface area contributed by atoms with Crippen LogP contribution in [0, 0.1) is 5.92 Å². The Hall–Kier alpha value is -1.75. The highest BCUT2D eigenvalue weighted by atomic mass is 16.5. The second kappa shape index (κ2) is 7.31. The first-order valence-electron chi connectivity index (χ1n) is 7.45. The lowest BCUT2D eigenvalue weighted by atomic mass is 9.96. The Kier molecular flexibility index (Phi) is 5.44. The van der Waals surface area contributed by atoms with Crippen LogP contribution in [0.15, 0.2) is 24.3 Å². The minimum Gasteiger partial charge on any atom is -0.484 e. The predicted octanol–water partition coefficient (Wildman–Crippen LogP) is 1.45. The van der Waals surface area contributed by atoms with E-state index in [9.17, 15) is 4.79 Å². The maximum atomic E-state index is 12.1. The second-order valence-electron chi connectivity index (χ2n) is 5.94. The van der Waals surface area contributed by atoms with E-state index in [1.165, 1.54) is 0 Å². The molecule has 1 aliphatic heterocycles. The van der Waals surface area contributed by atoms with Crippen molar-refractivity contribution in [2.75, 3.05) is 46.1 Å². The Bertz CT molecular complexity index is 451. The lowest BCUT2D eigenvalue weighted by Gasteiger charge is -2.33. The van der Waals surface area contributed by atoms with E-state index in [0.29, 0.717) is 17.4 Å². The Morgan fingerprint density at radius 2 is 1.90 bits per heavy atom. The molecule has 0 atom stereocenters. The predicted molar refractivity (Wildman–Crippen MR) is 84.2 cm³/mol. The number of anilines is 1. The second-order valence-corrected chi connectivity index (χ2v) is 5.94. The topological polar surface area (TPSA) is 58.8 Å².